The minimum absolute atomic E-state index is 0.188. The summed E-state index contributed by atoms with van der Waals surface area (Å²) in [5, 5.41) is 8.84. The van der Waals surface area contributed by atoms with Crippen LogP contribution in [0, 0.1) is 5.92 Å². The van der Waals surface area contributed by atoms with Crippen LogP contribution in [0.2, 0.25) is 0 Å². The van der Waals surface area contributed by atoms with E-state index in [0.29, 0.717) is 12.3 Å². The van der Waals surface area contributed by atoms with Crippen LogP contribution in [0.15, 0.2) is 24.3 Å². The largest absolute Gasteiger partial charge is 0.481 e. The molecule has 110 valence electrons. The highest BCUT2D eigenvalue weighted by Crippen LogP contribution is 2.28. The first-order valence-corrected chi connectivity index (χ1v) is 7.43. The van der Waals surface area contributed by atoms with Crippen molar-refractivity contribution in [2.75, 3.05) is 18.0 Å². The lowest BCUT2D eigenvalue weighted by molar-refractivity contribution is -0.138. The molecule has 2 rings (SSSR count). The van der Waals surface area contributed by atoms with Crippen molar-refractivity contribution in [1.82, 2.24) is 0 Å². The van der Waals surface area contributed by atoms with Crippen LogP contribution in [0.3, 0.4) is 0 Å². The number of anilines is 1. The molecule has 0 unspecified atom stereocenters. The normalized spacial score (nSPS) is 17.2. The number of hydrogen-bond acceptors (Lipinski definition) is 2. The average molecular weight is 275 g/mol. The number of aliphatic carboxylic acids is 1. The molecule has 0 aliphatic carbocycles. The van der Waals surface area contributed by atoms with Crippen molar-refractivity contribution in [2.45, 2.75) is 45.4 Å². The highest BCUT2D eigenvalue weighted by atomic mass is 16.4. The molecule has 1 aromatic carbocycles. The van der Waals surface area contributed by atoms with E-state index in [0.717, 1.165) is 25.9 Å². The summed E-state index contributed by atoms with van der Waals surface area (Å²) in [6.45, 7) is 8.60. The lowest BCUT2D eigenvalue weighted by Crippen LogP contribution is -2.34. The molecule has 0 saturated carbocycles. The molecule has 1 saturated heterocycles. The van der Waals surface area contributed by atoms with Gasteiger partial charge in [0.05, 0.1) is 0 Å². The van der Waals surface area contributed by atoms with Gasteiger partial charge in [0.1, 0.15) is 0 Å². The zero-order chi connectivity index (χ0) is 14.8. The quantitative estimate of drug-likeness (QED) is 0.915. The van der Waals surface area contributed by atoms with Crippen LogP contribution >= 0.6 is 0 Å². The minimum Gasteiger partial charge on any atom is -0.481 e. The second kappa shape index (κ2) is 5.86. The van der Waals surface area contributed by atoms with Gasteiger partial charge in [-0.15, -0.1) is 0 Å². The molecule has 0 spiro atoms. The Morgan fingerprint density at radius 3 is 2.20 bits per heavy atom. The molecule has 3 nitrogen and oxygen atoms in total. The molecule has 1 aromatic rings. The van der Waals surface area contributed by atoms with E-state index in [9.17, 15) is 4.79 Å². The summed E-state index contributed by atoms with van der Waals surface area (Å²) < 4.78 is 0. The highest BCUT2D eigenvalue weighted by molar-refractivity contribution is 5.67. The number of carboxylic acids is 1. The van der Waals surface area contributed by atoms with E-state index in [2.05, 4.69) is 49.9 Å². The zero-order valence-corrected chi connectivity index (χ0v) is 12.7. The Balaban J connectivity index is 1.95. The van der Waals surface area contributed by atoms with E-state index in [-0.39, 0.29) is 5.41 Å². The lowest BCUT2D eigenvalue weighted by atomic mass is 9.87. The predicted molar refractivity (Wildman–Crippen MR) is 82.3 cm³/mol. The van der Waals surface area contributed by atoms with Crippen molar-refractivity contribution in [1.29, 1.82) is 0 Å². The van der Waals surface area contributed by atoms with E-state index < -0.39 is 5.97 Å². The monoisotopic (exact) mass is 275 g/mol. The van der Waals surface area contributed by atoms with Gasteiger partial charge in [-0.3, -0.25) is 4.79 Å². The molecule has 0 aromatic heterocycles. The fourth-order valence-corrected chi connectivity index (χ4v) is 2.81. The first-order valence-electron chi connectivity index (χ1n) is 7.43. The number of benzene rings is 1. The molecule has 3 heteroatoms. The number of carbonyl (C=O) groups is 1. The standard InChI is InChI=1S/C17H25NO2/c1-17(2,3)14-4-6-15(7-5-14)18-10-8-13(9-11-18)12-16(19)20/h4-7,13H,8-12H2,1-3H3,(H,19,20). The summed E-state index contributed by atoms with van der Waals surface area (Å²) in [7, 11) is 0. The molecule has 1 aliphatic heterocycles. The molecule has 0 radical (unpaired) electrons. The van der Waals surface area contributed by atoms with Gasteiger partial charge in [0, 0.05) is 25.2 Å². The molecule has 1 fully saturated rings. The van der Waals surface area contributed by atoms with Gasteiger partial charge in [0.15, 0.2) is 0 Å². The smallest absolute Gasteiger partial charge is 0.303 e. The summed E-state index contributed by atoms with van der Waals surface area (Å²) >= 11 is 0. The number of hydrogen-bond donors (Lipinski definition) is 1. The SMILES string of the molecule is CC(C)(C)c1ccc(N2CCC(CC(=O)O)CC2)cc1. The zero-order valence-electron chi connectivity index (χ0n) is 12.7. The molecule has 0 amide bonds. The first-order chi connectivity index (χ1) is 9.36. The molecule has 0 atom stereocenters. The maximum atomic E-state index is 10.7. The average Bonchev–Trinajstić information content (AvgIpc) is 2.38. The topological polar surface area (TPSA) is 40.5 Å². The Kier molecular flexibility index (Phi) is 4.36. The van der Waals surface area contributed by atoms with Crippen LogP contribution in [-0.2, 0) is 10.2 Å². The summed E-state index contributed by atoms with van der Waals surface area (Å²) in [6.07, 6.45) is 2.28. The van der Waals surface area contributed by atoms with E-state index >= 15 is 0 Å². The summed E-state index contributed by atoms with van der Waals surface area (Å²) in [6, 6.07) is 8.80. The molecule has 1 N–H and O–H groups in total. The van der Waals surface area contributed by atoms with Crippen LogP contribution in [0.4, 0.5) is 5.69 Å². The predicted octanol–water partition coefficient (Wildman–Crippen LogP) is 3.68. The van der Waals surface area contributed by atoms with Crippen LogP contribution < -0.4 is 4.90 Å². The maximum Gasteiger partial charge on any atom is 0.303 e. The van der Waals surface area contributed by atoms with Gasteiger partial charge in [-0.25, -0.2) is 0 Å². The molecular weight excluding hydrogens is 250 g/mol. The van der Waals surface area contributed by atoms with Gasteiger partial charge in [0.25, 0.3) is 0 Å². The van der Waals surface area contributed by atoms with Gasteiger partial charge in [-0.2, -0.15) is 0 Å². The van der Waals surface area contributed by atoms with Crippen LogP contribution in [0.25, 0.3) is 0 Å². The fourth-order valence-electron chi connectivity index (χ4n) is 2.81. The highest BCUT2D eigenvalue weighted by Gasteiger charge is 2.22. The van der Waals surface area contributed by atoms with Crippen LogP contribution in [0.1, 0.15) is 45.6 Å². The summed E-state index contributed by atoms with van der Waals surface area (Å²) in [5.41, 5.74) is 2.79. The van der Waals surface area contributed by atoms with E-state index in [4.69, 9.17) is 5.11 Å². The molecule has 1 heterocycles. The number of piperidine rings is 1. The Hall–Kier alpha value is -1.51. The third-order valence-corrected chi connectivity index (χ3v) is 4.18. The fraction of sp³-hybridized carbons (Fsp3) is 0.588. The Labute approximate surface area is 121 Å². The van der Waals surface area contributed by atoms with Gasteiger partial charge in [0.2, 0.25) is 0 Å². The summed E-state index contributed by atoms with van der Waals surface area (Å²) in [4.78, 5) is 13.1. The first kappa shape index (κ1) is 14.9. The van der Waals surface area contributed by atoms with Crippen molar-refractivity contribution < 1.29 is 9.90 Å². The van der Waals surface area contributed by atoms with Crippen LogP contribution in [-0.4, -0.2) is 24.2 Å². The van der Waals surface area contributed by atoms with Crippen LogP contribution in [0.5, 0.6) is 0 Å². The van der Waals surface area contributed by atoms with Crippen molar-refractivity contribution in [3.63, 3.8) is 0 Å². The van der Waals surface area contributed by atoms with Gasteiger partial charge in [-0.1, -0.05) is 32.9 Å². The van der Waals surface area contributed by atoms with E-state index in [1.54, 1.807) is 0 Å². The van der Waals surface area contributed by atoms with Crippen molar-refractivity contribution in [3.05, 3.63) is 29.8 Å². The lowest BCUT2D eigenvalue weighted by Gasteiger charge is -2.33. The third kappa shape index (κ3) is 3.75. The van der Waals surface area contributed by atoms with E-state index in [1.165, 1.54) is 11.3 Å². The Morgan fingerprint density at radius 2 is 1.75 bits per heavy atom. The second-order valence-electron chi connectivity index (χ2n) is 6.83. The van der Waals surface area contributed by atoms with Crippen molar-refractivity contribution in [2.24, 2.45) is 5.92 Å². The molecule has 1 aliphatic rings. The Morgan fingerprint density at radius 1 is 1.20 bits per heavy atom. The Bertz CT molecular complexity index is 451. The molecular formula is C17H25NO2. The number of nitrogens with zero attached hydrogens (tertiary/aromatic N) is 1. The number of carboxylic acid groups (broad SMARTS) is 1. The summed E-state index contributed by atoms with van der Waals surface area (Å²) in [5.74, 6) is -0.324. The van der Waals surface area contributed by atoms with Gasteiger partial charge < -0.3 is 10.0 Å². The molecule has 0 bridgehead atoms. The second-order valence-corrected chi connectivity index (χ2v) is 6.83. The maximum absolute atomic E-state index is 10.7. The van der Waals surface area contributed by atoms with Gasteiger partial charge >= 0.3 is 5.97 Å². The van der Waals surface area contributed by atoms with Crippen molar-refractivity contribution >= 4 is 11.7 Å². The van der Waals surface area contributed by atoms with Gasteiger partial charge in [-0.05, 0) is 41.9 Å². The van der Waals surface area contributed by atoms with Crippen molar-refractivity contribution in [3.8, 4) is 0 Å². The third-order valence-electron chi connectivity index (χ3n) is 4.18. The van der Waals surface area contributed by atoms with E-state index in [1.807, 2.05) is 0 Å². The number of rotatable bonds is 3. The molecule has 20 heavy (non-hydrogen) atoms. The minimum atomic E-state index is -0.669.